The summed E-state index contributed by atoms with van der Waals surface area (Å²) < 4.78 is 26.0. The lowest BCUT2D eigenvalue weighted by Gasteiger charge is -2.28. The number of rotatable bonds is 3. The van der Waals surface area contributed by atoms with Crippen molar-refractivity contribution in [1.29, 1.82) is 0 Å². The maximum Gasteiger partial charge on any atom is 0.333 e. The lowest BCUT2D eigenvalue weighted by molar-refractivity contribution is 0.256. The minimum atomic E-state index is -3.85. The summed E-state index contributed by atoms with van der Waals surface area (Å²) >= 11 is 11.7. The van der Waals surface area contributed by atoms with Crippen molar-refractivity contribution >= 4 is 44.9 Å². The lowest BCUT2D eigenvalue weighted by atomic mass is 10.0. The molecule has 1 aliphatic carbocycles. The fraction of sp³-hybridized carbons (Fsp3) is 0.462. The molecule has 21 heavy (non-hydrogen) atoms. The number of carbonyl (C=O) groups is 1. The van der Waals surface area contributed by atoms with Gasteiger partial charge in [0.05, 0.1) is 21.0 Å². The van der Waals surface area contributed by atoms with Crippen LogP contribution in [0.2, 0.25) is 10.0 Å². The number of hydrogen-bond acceptors (Lipinski definition) is 3. The summed E-state index contributed by atoms with van der Waals surface area (Å²) in [5.41, 5.74) is 5.39. The molecular weight excluding hydrogens is 335 g/mol. The van der Waals surface area contributed by atoms with E-state index in [-0.39, 0.29) is 15.7 Å². The molecule has 0 unspecified atom stereocenters. The Balaban J connectivity index is 2.42. The zero-order valence-electron chi connectivity index (χ0n) is 11.3. The molecule has 5 nitrogen and oxygen atoms in total. The van der Waals surface area contributed by atoms with E-state index in [1.807, 2.05) is 0 Å². The zero-order valence-corrected chi connectivity index (χ0v) is 13.6. The van der Waals surface area contributed by atoms with Crippen molar-refractivity contribution in [1.82, 2.24) is 0 Å². The standard InChI is InChI=1S/C13H16Cl2N2O3S/c14-11-7-6-9(8-12(11)15)17(13(16)18)21(19,20)10-4-2-1-3-5-10/h6-8,10H,1-5H2,(H2,16,18). The summed E-state index contributed by atoms with van der Waals surface area (Å²) in [6, 6.07) is 3.14. The first kappa shape index (κ1) is 16.4. The van der Waals surface area contributed by atoms with Gasteiger partial charge in [0, 0.05) is 0 Å². The highest BCUT2D eigenvalue weighted by Crippen LogP contribution is 2.32. The monoisotopic (exact) mass is 350 g/mol. The maximum absolute atomic E-state index is 12.7. The number of hydrogen-bond donors (Lipinski definition) is 1. The first-order valence-electron chi connectivity index (χ1n) is 6.62. The Morgan fingerprint density at radius 1 is 1.14 bits per heavy atom. The van der Waals surface area contributed by atoms with Crippen LogP contribution < -0.4 is 10.0 Å². The second-order valence-corrected chi connectivity index (χ2v) is 7.88. The molecule has 2 amide bonds. The molecule has 0 saturated heterocycles. The van der Waals surface area contributed by atoms with Crippen LogP contribution in [-0.4, -0.2) is 19.7 Å². The second-order valence-electron chi connectivity index (χ2n) is 5.01. The average molecular weight is 351 g/mol. The summed E-state index contributed by atoms with van der Waals surface area (Å²) in [5.74, 6) is 0. The fourth-order valence-corrected chi connectivity index (χ4v) is 4.70. The Hall–Kier alpha value is -0.980. The molecule has 0 aromatic heterocycles. The summed E-state index contributed by atoms with van der Waals surface area (Å²) in [6.07, 6.45) is 3.74. The van der Waals surface area contributed by atoms with Gasteiger partial charge in [-0.1, -0.05) is 42.5 Å². The van der Waals surface area contributed by atoms with E-state index in [1.165, 1.54) is 18.2 Å². The predicted octanol–water partition coefficient (Wildman–Crippen LogP) is 3.54. The van der Waals surface area contributed by atoms with Crippen LogP contribution >= 0.6 is 23.2 Å². The number of primary amides is 1. The fourth-order valence-electron chi connectivity index (χ4n) is 2.52. The van der Waals surface area contributed by atoms with E-state index in [4.69, 9.17) is 28.9 Å². The van der Waals surface area contributed by atoms with E-state index in [0.717, 1.165) is 19.3 Å². The van der Waals surface area contributed by atoms with Gasteiger partial charge in [-0.05, 0) is 31.0 Å². The Morgan fingerprint density at radius 3 is 2.29 bits per heavy atom. The highest BCUT2D eigenvalue weighted by molar-refractivity contribution is 7.94. The highest BCUT2D eigenvalue weighted by atomic mass is 35.5. The maximum atomic E-state index is 12.7. The normalized spacial score (nSPS) is 16.7. The van der Waals surface area contributed by atoms with E-state index >= 15 is 0 Å². The molecule has 116 valence electrons. The van der Waals surface area contributed by atoms with Crippen molar-refractivity contribution in [2.75, 3.05) is 4.31 Å². The molecule has 1 saturated carbocycles. The number of nitrogens with zero attached hydrogens (tertiary/aromatic N) is 1. The van der Waals surface area contributed by atoms with Crippen molar-refractivity contribution in [3.63, 3.8) is 0 Å². The van der Waals surface area contributed by atoms with Gasteiger partial charge >= 0.3 is 6.03 Å². The number of anilines is 1. The summed E-state index contributed by atoms with van der Waals surface area (Å²) in [4.78, 5) is 11.7. The summed E-state index contributed by atoms with van der Waals surface area (Å²) in [6.45, 7) is 0. The van der Waals surface area contributed by atoms with Crippen LogP contribution in [0.1, 0.15) is 32.1 Å². The molecule has 8 heteroatoms. The quantitative estimate of drug-likeness (QED) is 0.904. The number of sulfonamides is 1. The first-order valence-corrected chi connectivity index (χ1v) is 8.88. The number of benzene rings is 1. The van der Waals surface area contributed by atoms with Gasteiger partial charge in [-0.3, -0.25) is 0 Å². The van der Waals surface area contributed by atoms with Gasteiger partial charge in [0.2, 0.25) is 10.0 Å². The molecule has 0 bridgehead atoms. The topological polar surface area (TPSA) is 80.5 Å². The molecule has 1 aliphatic rings. The minimum absolute atomic E-state index is 0.113. The number of halogens is 2. The Bertz CT molecular complexity index is 643. The Morgan fingerprint density at radius 2 is 1.76 bits per heavy atom. The van der Waals surface area contributed by atoms with Crippen LogP contribution in [0.5, 0.6) is 0 Å². The van der Waals surface area contributed by atoms with E-state index in [2.05, 4.69) is 0 Å². The van der Waals surface area contributed by atoms with Crippen LogP contribution in [0.3, 0.4) is 0 Å². The third kappa shape index (κ3) is 3.44. The van der Waals surface area contributed by atoms with Crippen molar-refractivity contribution in [3.05, 3.63) is 28.2 Å². The third-order valence-corrected chi connectivity index (χ3v) is 6.52. The minimum Gasteiger partial charge on any atom is -0.350 e. The second kappa shape index (κ2) is 6.42. The van der Waals surface area contributed by atoms with Gasteiger partial charge in [0.25, 0.3) is 0 Å². The largest absolute Gasteiger partial charge is 0.350 e. The van der Waals surface area contributed by atoms with Gasteiger partial charge in [0.15, 0.2) is 0 Å². The van der Waals surface area contributed by atoms with Crippen molar-refractivity contribution in [2.24, 2.45) is 5.73 Å². The van der Waals surface area contributed by atoms with Gasteiger partial charge in [-0.15, -0.1) is 0 Å². The van der Waals surface area contributed by atoms with Gasteiger partial charge in [-0.2, -0.15) is 4.31 Å². The molecule has 2 rings (SSSR count). The molecule has 1 fully saturated rings. The number of nitrogens with two attached hydrogens (primary N) is 1. The summed E-state index contributed by atoms with van der Waals surface area (Å²) in [5, 5.41) is -0.146. The molecular formula is C13H16Cl2N2O3S. The molecule has 0 aliphatic heterocycles. The lowest BCUT2D eigenvalue weighted by Crippen LogP contribution is -2.46. The average Bonchev–Trinajstić information content (AvgIpc) is 2.43. The highest BCUT2D eigenvalue weighted by Gasteiger charge is 2.36. The van der Waals surface area contributed by atoms with Gasteiger partial charge < -0.3 is 5.73 Å². The van der Waals surface area contributed by atoms with Crippen LogP contribution in [-0.2, 0) is 10.0 Å². The summed E-state index contributed by atoms with van der Waals surface area (Å²) in [7, 11) is -3.85. The molecule has 2 N–H and O–H groups in total. The van der Waals surface area contributed by atoms with Crippen LogP contribution in [0.4, 0.5) is 10.5 Å². The molecule has 0 spiro atoms. The molecule has 0 atom stereocenters. The molecule has 0 heterocycles. The van der Waals surface area contributed by atoms with Gasteiger partial charge in [0.1, 0.15) is 0 Å². The van der Waals surface area contributed by atoms with Crippen molar-refractivity contribution in [2.45, 2.75) is 37.4 Å². The van der Waals surface area contributed by atoms with E-state index in [0.29, 0.717) is 17.1 Å². The Kier molecular flexibility index (Phi) is 5.01. The zero-order chi connectivity index (χ0) is 15.6. The third-order valence-electron chi connectivity index (χ3n) is 3.57. The van der Waals surface area contributed by atoms with E-state index in [9.17, 15) is 13.2 Å². The number of amides is 2. The van der Waals surface area contributed by atoms with Crippen LogP contribution in [0.25, 0.3) is 0 Å². The van der Waals surface area contributed by atoms with E-state index in [1.54, 1.807) is 0 Å². The van der Waals surface area contributed by atoms with Crippen LogP contribution in [0, 0.1) is 0 Å². The first-order chi connectivity index (χ1) is 9.84. The van der Waals surface area contributed by atoms with Crippen molar-refractivity contribution in [3.8, 4) is 0 Å². The number of carbonyl (C=O) groups excluding carboxylic acids is 1. The molecule has 0 radical (unpaired) electrons. The van der Waals surface area contributed by atoms with Crippen molar-refractivity contribution < 1.29 is 13.2 Å². The van der Waals surface area contributed by atoms with E-state index < -0.39 is 21.3 Å². The number of urea groups is 1. The van der Waals surface area contributed by atoms with Gasteiger partial charge in [-0.25, -0.2) is 13.2 Å². The smallest absolute Gasteiger partial charge is 0.333 e. The predicted molar refractivity (Wildman–Crippen MR) is 84.3 cm³/mol. The Labute approximate surface area is 134 Å². The molecule has 1 aromatic rings. The molecule has 1 aromatic carbocycles. The van der Waals surface area contributed by atoms with Crippen LogP contribution in [0.15, 0.2) is 18.2 Å². The SMILES string of the molecule is NC(=O)N(c1ccc(Cl)c(Cl)c1)S(=O)(=O)C1CCCCC1.